The lowest BCUT2D eigenvalue weighted by atomic mass is 10.2. The van der Waals surface area contributed by atoms with Crippen LogP contribution in [0.3, 0.4) is 0 Å². The zero-order valence-electron chi connectivity index (χ0n) is 12.7. The molecule has 0 fully saturated rings. The average Bonchev–Trinajstić information content (AvgIpc) is 2.96. The summed E-state index contributed by atoms with van der Waals surface area (Å²) in [7, 11) is 0. The van der Waals surface area contributed by atoms with E-state index in [1.165, 1.54) is 17.0 Å². The number of hydrogen-bond donors (Lipinski definition) is 1. The van der Waals surface area contributed by atoms with Crippen LogP contribution in [0.15, 0.2) is 24.1 Å². The molecule has 108 valence electrons. The molecule has 0 aromatic carbocycles. The summed E-state index contributed by atoms with van der Waals surface area (Å²) in [5, 5.41) is 6.51. The van der Waals surface area contributed by atoms with Gasteiger partial charge >= 0.3 is 0 Å². The lowest BCUT2D eigenvalue weighted by Crippen LogP contribution is -2.07. The number of allylic oxidation sites excluding steroid dienone is 1. The van der Waals surface area contributed by atoms with E-state index in [9.17, 15) is 0 Å². The Balaban J connectivity index is 2.24. The first-order valence-corrected chi connectivity index (χ1v) is 7.88. The number of rotatable bonds is 6. The number of nitrogens with zero attached hydrogens (tertiary/aromatic N) is 2. The van der Waals surface area contributed by atoms with Gasteiger partial charge in [0.25, 0.3) is 0 Å². The number of nitrogens with one attached hydrogen (secondary N) is 1. The van der Waals surface area contributed by atoms with Crippen molar-refractivity contribution in [2.75, 3.05) is 11.9 Å². The molecular formula is C16H23N3S. The fourth-order valence-corrected chi connectivity index (χ4v) is 2.96. The Morgan fingerprint density at radius 3 is 2.85 bits per heavy atom. The third-order valence-corrected chi connectivity index (χ3v) is 4.13. The Bertz CT molecular complexity index is 593. The molecule has 1 N–H and O–H groups in total. The first-order valence-electron chi connectivity index (χ1n) is 7.00. The molecule has 3 nitrogen and oxygen atoms in total. The molecule has 0 radical (unpaired) electrons. The Morgan fingerprint density at radius 1 is 1.45 bits per heavy atom. The third kappa shape index (κ3) is 3.12. The summed E-state index contributed by atoms with van der Waals surface area (Å²) >= 11 is 1.67. The monoisotopic (exact) mass is 289 g/mol. The number of thiazole rings is 1. The summed E-state index contributed by atoms with van der Waals surface area (Å²) in [6, 6.07) is 2.21. The first-order chi connectivity index (χ1) is 9.52. The molecule has 0 saturated heterocycles. The molecule has 2 rings (SSSR count). The van der Waals surface area contributed by atoms with E-state index in [4.69, 9.17) is 4.98 Å². The van der Waals surface area contributed by atoms with Gasteiger partial charge in [0.05, 0.1) is 5.69 Å². The van der Waals surface area contributed by atoms with Gasteiger partial charge in [-0.1, -0.05) is 19.9 Å². The molecule has 0 aliphatic heterocycles. The highest BCUT2D eigenvalue weighted by Crippen LogP contribution is 2.29. The quantitative estimate of drug-likeness (QED) is 0.794. The van der Waals surface area contributed by atoms with Gasteiger partial charge in [-0.25, -0.2) is 4.98 Å². The van der Waals surface area contributed by atoms with Crippen LogP contribution in [-0.4, -0.2) is 16.1 Å². The van der Waals surface area contributed by atoms with Crippen LogP contribution in [0, 0.1) is 19.8 Å². The summed E-state index contributed by atoms with van der Waals surface area (Å²) in [5.74, 6) is 0.625. The molecule has 2 aromatic rings. The largest absolute Gasteiger partial charge is 0.361 e. The minimum absolute atomic E-state index is 0.625. The molecular weight excluding hydrogens is 266 g/mol. The van der Waals surface area contributed by atoms with Gasteiger partial charge in [0.15, 0.2) is 5.13 Å². The van der Waals surface area contributed by atoms with Gasteiger partial charge in [-0.15, -0.1) is 17.9 Å². The molecule has 0 aliphatic carbocycles. The van der Waals surface area contributed by atoms with E-state index in [1.807, 2.05) is 6.08 Å². The minimum atomic E-state index is 0.625. The summed E-state index contributed by atoms with van der Waals surface area (Å²) in [4.78, 5) is 4.70. The van der Waals surface area contributed by atoms with E-state index in [2.05, 4.69) is 55.6 Å². The summed E-state index contributed by atoms with van der Waals surface area (Å²) in [6.07, 6.45) is 1.93. The van der Waals surface area contributed by atoms with Crippen molar-refractivity contribution in [2.24, 2.45) is 5.92 Å². The first kappa shape index (κ1) is 14.9. The van der Waals surface area contributed by atoms with Crippen LogP contribution in [0.4, 0.5) is 5.13 Å². The molecule has 0 aliphatic rings. The predicted octanol–water partition coefficient (Wildman–Crippen LogP) is 4.48. The molecule has 4 heteroatoms. The SMILES string of the molecule is C=CCn1c(C)cc(-c2csc(NCC(C)C)n2)c1C. The molecule has 2 aromatic heterocycles. The van der Waals surface area contributed by atoms with Crippen LogP contribution in [-0.2, 0) is 6.54 Å². The Kier molecular flexibility index (Phi) is 4.65. The second-order valence-corrected chi connectivity index (χ2v) is 6.35. The van der Waals surface area contributed by atoms with E-state index in [1.54, 1.807) is 11.3 Å². The van der Waals surface area contributed by atoms with Gasteiger partial charge in [-0.2, -0.15) is 0 Å². The fraction of sp³-hybridized carbons (Fsp3) is 0.438. The number of anilines is 1. The summed E-state index contributed by atoms with van der Waals surface area (Å²) < 4.78 is 2.27. The number of aromatic nitrogens is 2. The Hall–Kier alpha value is -1.55. The lowest BCUT2D eigenvalue weighted by molar-refractivity contribution is 0.688. The zero-order chi connectivity index (χ0) is 14.7. The van der Waals surface area contributed by atoms with Crippen LogP contribution in [0.25, 0.3) is 11.3 Å². The highest BCUT2D eigenvalue weighted by atomic mass is 32.1. The zero-order valence-corrected chi connectivity index (χ0v) is 13.5. The molecule has 20 heavy (non-hydrogen) atoms. The van der Waals surface area contributed by atoms with E-state index in [-0.39, 0.29) is 0 Å². The standard InChI is InChI=1S/C16H23N3S/c1-6-7-19-12(4)8-14(13(19)5)15-10-20-16(18-15)17-9-11(2)3/h6,8,10-11H,1,7,9H2,2-5H3,(H,17,18). The maximum Gasteiger partial charge on any atom is 0.183 e. The van der Waals surface area contributed by atoms with Crippen LogP contribution in [0.2, 0.25) is 0 Å². The molecule has 0 unspecified atom stereocenters. The topological polar surface area (TPSA) is 29.9 Å². The van der Waals surface area contributed by atoms with Crippen molar-refractivity contribution in [3.8, 4) is 11.3 Å². The molecule has 0 amide bonds. The van der Waals surface area contributed by atoms with Crippen molar-refractivity contribution < 1.29 is 0 Å². The van der Waals surface area contributed by atoms with Crippen molar-refractivity contribution >= 4 is 16.5 Å². The van der Waals surface area contributed by atoms with E-state index < -0.39 is 0 Å². The minimum Gasteiger partial charge on any atom is -0.361 e. The van der Waals surface area contributed by atoms with Crippen LogP contribution in [0.1, 0.15) is 25.2 Å². The van der Waals surface area contributed by atoms with E-state index in [0.717, 1.165) is 23.9 Å². The van der Waals surface area contributed by atoms with E-state index >= 15 is 0 Å². The van der Waals surface area contributed by atoms with Crippen molar-refractivity contribution in [1.82, 2.24) is 9.55 Å². The number of aryl methyl sites for hydroxylation is 1. The predicted molar refractivity (Wildman–Crippen MR) is 88.5 cm³/mol. The van der Waals surface area contributed by atoms with Gasteiger partial charge in [-0.3, -0.25) is 0 Å². The molecule has 0 atom stereocenters. The molecule has 0 bridgehead atoms. The lowest BCUT2D eigenvalue weighted by Gasteiger charge is -2.06. The van der Waals surface area contributed by atoms with Gasteiger partial charge in [-0.05, 0) is 25.8 Å². The highest BCUT2D eigenvalue weighted by Gasteiger charge is 2.13. The molecule has 2 heterocycles. The maximum atomic E-state index is 4.70. The smallest absolute Gasteiger partial charge is 0.183 e. The number of hydrogen-bond acceptors (Lipinski definition) is 3. The van der Waals surface area contributed by atoms with Gasteiger partial charge in [0.2, 0.25) is 0 Å². The second-order valence-electron chi connectivity index (χ2n) is 5.50. The fourth-order valence-electron chi connectivity index (χ4n) is 2.24. The van der Waals surface area contributed by atoms with Crippen molar-refractivity contribution in [3.05, 3.63) is 35.5 Å². The van der Waals surface area contributed by atoms with E-state index in [0.29, 0.717) is 5.92 Å². The van der Waals surface area contributed by atoms with Crippen LogP contribution >= 0.6 is 11.3 Å². The van der Waals surface area contributed by atoms with Gasteiger partial charge in [0, 0.05) is 35.4 Å². The Morgan fingerprint density at radius 2 is 2.20 bits per heavy atom. The summed E-state index contributed by atoms with van der Waals surface area (Å²) in [5.41, 5.74) is 4.79. The third-order valence-electron chi connectivity index (χ3n) is 3.33. The average molecular weight is 289 g/mol. The van der Waals surface area contributed by atoms with Crippen molar-refractivity contribution in [2.45, 2.75) is 34.2 Å². The maximum absolute atomic E-state index is 4.70. The van der Waals surface area contributed by atoms with Crippen LogP contribution in [0.5, 0.6) is 0 Å². The molecule has 0 spiro atoms. The Labute approximate surface area is 125 Å². The van der Waals surface area contributed by atoms with Crippen LogP contribution < -0.4 is 5.32 Å². The normalized spacial score (nSPS) is 11.1. The highest BCUT2D eigenvalue weighted by molar-refractivity contribution is 7.14. The van der Waals surface area contributed by atoms with Gasteiger partial charge < -0.3 is 9.88 Å². The van der Waals surface area contributed by atoms with Crippen molar-refractivity contribution in [3.63, 3.8) is 0 Å². The molecule has 0 saturated carbocycles. The summed E-state index contributed by atoms with van der Waals surface area (Å²) in [6.45, 7) is 14.3. The van der Waals surface area contributed by atoms with Gasteiger partial charge in [0.1, 0.15) is 0 Å². The second kappa shape index (κ2) is 6.27. The van der Waals surface area contributed by atoms with Crippen molar-refractivity contribution in [1.29, 1.82) is 0 Å².